The molecule has 102 valence electrons. The highest BCUT2D eigenvalue weighted by atomic mass is 35.5. The molecular formula is C15H17Cl2NS. The van der Waals surface area contributed by atoms with Crippen LogP contribution in [0, 0.1) is 0 Å². The van der Waals surface area contributed by atoms with Crippen LogP contribution in [0.25, 0.3) is 0 Å². The van der Waals surface area contributed by atoms with Gasteiger partial charge in [-0.15, -0.1) is 0 Å². The smallest absolute Gasteiger partial charge is 0.0468 e. The van der Waals surface area contributed by atoms with E-state index in [9.17, 15) is 0 Å². The van der Waals surface area contributed by atoms with E-state index in [2.05, 4.69) is 29.1 Å². The topological polar surface area (TPSA) is 12.0 Å². The molecule has 1 unspecified atom stereocenters. The van der Waals surface area contributed by atoms with Gasteiger partial charge in [-0.05, 0) is 59.5 Å². The van der Waals surface area contributed by atoms with Gasteiger partial charge >= 0.3 is 0 Å². The summed E-state index contributed by atoms with van der Waals surface area (Å²) >= 11 is 13.9. The zero-order chi connectivity index (χ0) is 13.7. The van der Waals surface area contributed by atoms with Gasteiger partial charge in [0.15, 0.2) is 0 Å². The zero-order valence-corrected chi connectivity index (χ0v) is 13.2. The van der Waals surface area contributed by atoms with Gasteiger partial charge in [-0.25, -0.2) is 0 Å². The van der Waals surface area contributed by atoms with E-state index >= 15 is 0 Å². The molecule has 0 aliphatic carbocycles. The predicted molar refractivity (Wildman–Crippen MR) is 85.5 cm³/mol. The normalized spacial score (nSPS) is 12.6. The quantitative estimate of drug-likeness (QED) is 0.759. The van der Waals surface area contributed by atoms with E-state index in [1.165, 1.54) is 5.56 Å². The van der Waals surface area contributed by atoms with Gasteiger partial charge in [-0.2, -0.15) is 11.3 Å². The highest BCUT2D eigenvalue weighted by Gasteiger charge is 2.12. The molecule has 4 heteroatoms. The Morgan fingerprint density at radius 2 is 2.11 bits per heavy atom. The molecule has 0 radical (unpaired) electrons. The van der Waals surface area contributed by atoms with Crippen LogP contribution in [0.1, 0.15) is 30.5 Å². The predicted octanol–water partition coefficient (Wildman–Crippen LogP) is 5.34. The molecule has 0 amide bonds. The number of hydrogen-bond donors (Lipinski definition) is 1. The molecule has 2 rings (SSSR count). The second-order valence-electron chi connectivity index (χ2n) is 4.46. The Hall–Kier alpha value is -0.540. The van der Waals surface area contributed by atoms with Gasteiger partial charge in [0, 0.05) is 16.1 Å². The van der Waals surface area contributed by atoms with Gasteiger partial charge in [0.25, 0.3) is 0 Å². The molecule has 0 bridgehead atoms. The minimum Gasteiger partial charge on any atom is -0.310 e. The van der Waals surface area contributed by atoms with Gasteiger partial charge in [0.2, 0.25) is 0 Å². The lowest BCUT2D eigenvalue weighted by molar-refractivity contribution is 0.523. The molecule has 0 spiro atoms. The number of benzene rings is 1. The second-order valence-corrected chi connectivity index (χ2v) is 6.09. The van der Waals surface area contributed by atoms with Crippen LogP contribution in [0.4, 0.5) is 0 Å². The molecule has 1 nitrogen and oxygen atoms in total. The fraction of sp³-hybridized carbons (Fsp3) is 0.333. The highest BCUT2D eigenvalue weighted by molar-refractivity contribution is 7.07. The first-order valence-corrected chi connectivity index (χ1v) is 8.10. The second kappa shape index (κ2) is 7.30. The summed E-state index contributed by atoms with van der Waals surface area (Å²) in [6, 6.07) is 8.16. The van der Waals surface area contributed by atoms with Gasteiger partial charge in [-0.1, -0.05) is 36.2 Å². The fourth-order valence-corrected chi connectivity index (χ4v) is 3.33. The van der Waals surface area contributed by atoms with Crippen molar-refractivity contribution in [2.24, 2.45) is 0 Å². The van der Waals surface area contributed by atoms with Gasteiger partial charge in [0.05, 0.1) is 0 Å². The molecular weight excluding hydrogens is 297 g/mol. The lowest BCUT2D eigenvalue weighted by atomic mass is 10.0. The Morgan fingerprint density at radius 3 is 2.74 bits per heavy atom. The average Bonchev–Trinajstić information content (AvgIpc) is 2.89. The van der Waals surface area contributed by atoms with Crippen molar-refractivity contribution in [3.8, 4) is 0 Å². The van der Waals surface area contributed by atoms with Crippen LogP contribution in [-0.4, -0.2) is 6.54 Å². The van der Waals surface area contributed by atoms with Crippen molar-refractivity contribution >= 4 is 34.5 Å². The van der Waals surface area contributed by atoms with E-state index in [-0.39, 0.29) is 6.04 Å². The summed E-state index contributed by atoms with van der Waals surface area (Å²) in [4.78, 5) is 0. The molecule has 0 fully saturated rings. The molecule has 0 aliphatic heterocycles. The summed E-state index contributed by atoms with van der Waals surface area (Å²) in [5.74, 6) is 0. The van der Waals surface area contributed by atoms with E-state index in [1.807, 2.05) is 18.2 Å². The van der Waals surface area contributed by atoms with Crippen LogP contribution < -0.4 is 5.32 Å². The summed E-state index contributed by atoms with van der Waals surface area (Å²) in [6.45, 7) is 3.11. The van der Waals surface area contributed by atoms with Crippen molar-refractivity contribution in [3.63, 3.8) is 0 Å². The van der Waals surface area contributed by atoms with Crippen molar-refractivity contribution in [2.45, 2.75) is 25.8 Å². The molecule has 19 heavy (non-hydrogen) atoms. The van der Waals surface area contributed by atoms with E-state index in [0.717, 1.165) is 30.0 Å². The van der Waals surface area contributed by atoms with Crippen LogP contribution in [0.5, 0.6) is 0 Å². The first-order valence-electron chi connectivity index (χ1n) is 6.40. The zero-order valence-electron chi connectivity index (χ0n) is 10.8. The van der Waals surface area contributed by atoms with Crippen molar-refractivity contribution in [1.29, 1.82) is 0 Å². The van der Waals surface area contributed by atoms with Gasteiger partial charge in [-0.3, -0.25) is 0 Å². The monoisotopic (exact) mass is 313 g/mol. The van der Waals surface area contributed by atoms with Gasteiger partial charge < -0.3 is 5.32 Å². The number of thiophene rings is 1. The van der Waals surface area contributed by atoms with Crippen LogP contribution >= 0.6 is 34.5 Å². The van der Waals surface area contributed by atoms with Crippen molar-refractivity contribution < 1.29 is 0 Å². The van der Waals surface area contributed by atoms with Crippen molar-refractivity contribution in [3.05, 3.63) is 56.2 Å². The average molecular weight is 314 g/mol. The number of rotatable bonds is 6. The van der Waals surface area contributed by atoms with E-state index in [1.54, 1.807) is 11.3 Å². The summed E-state index contributed by atoms with van der Waals surface area (Å²) in [6.07, 6.45) is 2.05. The SMILES string of the molecule is CCC(NCCc1ccsc1)c1ccc(Cl)cc1Cl. The third-order valence-electron chi connectivity index (χ3n) is 3.13. The third kappa shape index (κ3) is 4.22. The fourth-order valence-electron chi connectivity index (χ4n) is 2.08. The molecule has 1 aromatic carbocycles. The van der Waals surface area contributed by atoms with Crippen LogP contribution in [0.3, 0.4) is 0 Å². The Balaban J connectivity index is 1.95. The van der Waals surface area contributed by atoms with Crippen molar-refractivity contribution in [1.82, 2.24) is 5.32 Å². The molecule has 0 aliphatic rings. The minimum absolute atomic E-state index is 0.281. The molecule has 0 saturated heterocycles. The largest absolute Gasteiger partial charge is 0.310 e. The minimum atomic E-state index is 0.281. The van der Waals surface area contributed by atoms with Crippen LogP contribution in [0.15, 0.2) is 35.0 Å². The summed E-state index contributed by atoms with van der Waals surface area (Å²) in [5.41, 5.74) is 2.51. The van der Waals surface area contributed by atoms with E-state index in [0.29, 0.717) is 5.02 Å². The lowest BCUT2D eigenvalue weighted by Gasteiger charge is -2.18. The Bertz CT molecular complexity index is 511. The summed E-state index contributed by atoms with van der Waals surface area (Å²) < 4.78 is 0. The third-order valence-corrected chi connectivity index (χ3v) is 4.43. The number of hydrogen-bond acceptors (Lipinski definition) is 2. The maximum atomic E-state index is 6.26. The molecule has 1 N–H and O–H groups in total. The standard InChI is InChI=1S/C15H17Cl2NS/c1-2-15(13-4-3-12(16)9-14(13)17)18-7-5-11-6-8-19-10-11/h3-4,6,8-10,15,18H,2,5,7H2,1H3. The highest BCUT2D eigenvalue weighted by Crippen LogP contribution is 2.27. The molecule has 2 aromatic rings. The number of nitrogens with one attached hydrogen (secondary N) is 1. The molecule has 1 aromatic heterocycles. The maximum absolute atomic E-state index is 6.26. The van der Waals surface area contributed by atoms with Crippen LogP contribution in [0.2, 0.25) is 10.0 Å². The first-order chi connectivity index (χ1) is 9.20. The molecule has 1 atom stereocenters. The Morgan fingerprint density at radius 1 is 1.26 bits per heavy atom. The summed E-state index contributed by atoms with van der Waals surface area (Å²) in [5, 5.41) is 9.29. The van der Waals surface area contributed by atoms with Crippen LogP contribution in [-0.2, 0) is 6.42 Å². The Kier molecular flexibility index (Phi) is 5.71. The maximum Gasteiger partial charge on any atom is 0.0468 e. The van der Waals surface area contributed by atoms with Gasteiger partial charge in [0.1, 0.15) is 0 Å². The molecule has 1 heterocycles. The lowest BCUT2D eigenvalue weighted by Crippen LogP contribution is -2.23. The molecule has 0 saturated carbocycles. The van der Waals surface area contributed by atoms with E-state index in [4.69, 9.17) is 23.2 Å². The van der Waals surface area contributed by atoms with Crippen molar-refractivity contribution in [2.75, 3.05) is 6.54 Å². The summed E-state index contributed by atoms with van der Waals surface area (Å²) in [7, 11) is 0. The Labute approximate surface area is 128 Å². The number of halogens is 2. The van der Waals surface area contributed by atoms with E-state index < -0.39 is 0 Å². The first kappa shape index (κ1) is 14.9.